The van der Waals surface area contributed by atoms with E-state index >= 15 is 0 Å². The lowest BCUT2D eigenvalue weighted by molar-refractivity contribution is 0.0221. The van der Waals surface area contributed by atoms with Gasteiger partial charge in [-0.3, -0.25) is 0 Å². The van der Waals surface area contributed by atoms with Gasteiger partial charge in [0, 0.05) is 20.6 Å². The van der Waals surface area contributed by atoms with Crippen molar-refractivity contribution < 1.29 is 9.47 Å². The van der Waals surface area contributed by atoms with Crippen LogP contribution in [0.25, 0.3) is 10.8 Å². The number of benzene rings is 2. The number of alkyl halides is 1. The molecule has 0 aliphatic carbocycles. The first-order chi connectivity index (χ1) is 9.98. The number of halogens is 1. The minimum absolute atomic E-state index is 0.315. The molecule has 0 radical (unpaired) electrons. The fourth-order valence-corrected chi connectivity index (χ4v) is 2.92. The summed E-state index contributed by atoms with van der Waals surface area (Å²) in [7, 11) is -1.02. The highest BCUT2D eigenvalue weighted by molar-refractivity contribution is 6.76. The van der Waals surface area contributed by atoms with Crippen molar-refractivity contribution in [3.8, 4) is 5.75 Å². The van der Waals surface area contributed by atoms with Crippen molar-refractivity contribution in [1.82, 2.24) is 0 Å². The maximum absolute atomic E-state index is 5.85. The van der Waals surface area contributed by atoms with E-state index in [0.29, 0.717) is 12.7 Å². The zero-order chi connectivity index (χ0) is 15.3. The molecule has 0 aliphatic heterocycles. The molecule has 2 aromatic rings. The second-order valence-corrected chi connectivity index (χ2v) is 12.3. The number of ether oxygens (including phenoxy) is 2. The van der Waals surface area contributed by atoms with Crippen molar-refractivity contribution in [2.24, 2.45) is 0 Å². The fourth-order valence-electron chi connectivity index (χ4n) is 1.99. The molecule has 0 spiro atoms. The maximum atomic E-state index is 5.85. The summed E-state index contributed by atoms with van der Waals surface area (Å²) in [6, 6.07) is 13.5. The highest BCUT2D eigenvalue weighted by Gasteiger charge is 2.11. The van der Waals surface area contributed by atoms with E-state index in [0.717, 1.165) is 29.4 Å². The van der Waals surface area contributed by atoms with Crippen LogP contribution in [0.5, 0.6) is 5.75 Å². The Hall–Kier alpha value is -1.03. The van der Waals surface area contributed by atoms with Crippen molar-refractivity contribution in [2.45, 2.75) is 31.6 Å². The van der Waals surface area contributed by atoms with Crippen LogP contribution in [-0.2, 0) is 10.6 Å². The summed E-state index contributed by atoms with van der Waals surface area (Å²) >= 11 is 5.85. The Morgan fingerprint density at radius 1 is 1.00 bits per heavy atom. The van der Waals surface area contributed by atoms with Gasteiger partial charge in [0.25, 0.3) is 0 Å². The third-order valence-electron chi connectivity index (χ3n) is 3.34. The highest BCUT2D eigenvalue weighted by atomic mass is 35.5. The van der Waals surface area contributed by atoms with E-state index in [1.54, 1.807) is 0 Å². The van der Waals surface area contributed by atoms with Crippen molar-refractivity contribution in [3.63, 3.8) is 0 Å². The van der Waals surface area contributed by atoms with Gasteiger partial charge in [-0.2, -0.15) is 0 Å². The minimum Gasteiger partial charge on any atom is -0.468 e. The Morgan fingerprint density at radius 2 is 1.71 bits per heavy atom. The van der Waals surface area contributed by atoms with E-state index in [4.69, 9.17) is 21.1 Å². The van der Waals surface area contributed by atoms with E-state index in [9.17, 15) is 0 Å². The Balaban J connectivity index is 1.88. The summed E-state index contributed by atoms with van der Waals surface area (Å²) in [6.07, 6.45) is 0. The third-order valence-corrected chi connectivity index (χ3v) is 5.35. The van der Waals surface area contributed by atoms with Gasteiger partial charge in [-0.15, -0.1) is 11.6 Å². The second-order valence-electron chi connectivity index (χ2n) is 6.46. The van der Waals surface area contributed by atoms with Crippen LogP contribution in [0.4, 0.5) is 0 Å². The molecule has 2 nitrogen and oxygen atoms in total. The van der Waals surface area contributed by atoms with Crippen LogP contribution in [-0.4, -0.2) is 21.5 Å². The van der Waals surface area contributed by atoms with Gasteiger partial charge in [-0.1, -0.05) is 37.8 Å². The maximum Gasteiger partial charge on any atom is 0.189 e. The SMILES string of the molecule is C[Si](C)(C)CCOCOc1ccc2cc(CCl)ccc2c1. The van der Waals surface area contributed by atoms with Gasteiger partial charge in [0.05, 0.1) is 0 Å². The molecule has 0 saturated heterocycles. The van der Waals surface area contributed by atoms with E-state index < -0.39 is 8.07 Å². The van der Waals surface area contributed by atoms with Gasteiger partial charge < -0.3 is 9.47 Å². The van der Waals surface area contributed by atoms with Gasteiger partial charge in [0.1, 0.15) is 5.75 Å². The average molecular weight is 323 g/mol. The van der Waals surface area contributed by atoms with E-state index in [1.807, 2.05) is 18.2 Å². The van der Waals surface area contributed by atoms with Gasteiger partial charge in [0.2, 0.25) is 0 Å². The smallest absolute Gasteiger partial charge is 0.189 e. The molecule has 2 aromatic carbocycles. The van der Waals surface area contributed by atoms with Crippen molar-refractivity contribution in [3.05, 3.63) is 42.0 Å². The van der Waals surface area contributed by atoms with Gasteiger partial charge in [-0.25, -0.2) is 0 Å². The molecular weight excluding hydrogens is 300 g/mol. The number of hydrogen-bond donors (Lipinski definition) is 0. The molecule has 4 heteroatoms. The second kappa shape index (κ2) is 7.30. The first-order valence-electron chi connectivity index (χ1n) is 7.27. The Morgan fingerprint density at radius 3 is 2.43 bits per heavy atom. The fraction of sp³-hybridized carbons (Fsp3) is 0.412. The molecule has 0 N–H and O–H groups in total. The lowest BCUT2D eigenvalue weighted by Gasteiger charge is -2.15. The molecule has 0 bridgehead atoms. The molecule has 2 rings (SSSR count). The summed E-state index contributed by atoms with van der Waals surface area (Å²) in [4.78, 5) is 0. The third kappa shape index (κ3) is 5.34. The van der Waals surface area contributed by atoms with Crippen LogP contribution in [0, 0.1) is 0 Å². The Labute approximate surface area is 133 Å². The molecule has 0 amide bonds. The van der Waals surface area contributed by atoms with Crippen LogP contribution < -0.4 is 4.74 Å². The normalized spacial score (nSPS) is 11.8. The van der Waals surface area contributed by atoms with Gasteiger partial charge >= 0.3 is 0 Å². The number of hydrogen-bond acceptors (Lipinski definition) is 2. The molecule has 21 heavy (non-hydrogen) atoms. The number of rotatable bonds is 7. The molecule has 0 heterocycles. The average Bonchev–Trinajstić information content (AvgIpc) is 2.45. The first-order valence-corrected chi connectivity index (χ1v) is 11.5. The summed E-state index contributed by atoms with van der Waals surface area (Å²) in [6.45, 7) is 8.12. The standard InChI is InChI=1S/C17H23ClO2Si/c1-21(2,3)9-8-19-13-20-17-7-6-15-10-14(12-18)4-5-16(15)11-17/h4-7,10-11H,8-9,12-13H2,1-3H3. The highest BCUT2D eigenvalue weighted by Crippen LogP contribution is 2.22. The predicted molar refractivity (Wildman–Crippen MR) is 93.1 cm³/mol. The molecule has 0 atom stereocenters. The van der Waals surface area contributed by atoms with Gasteiger partial charge in [0.15, 0.2) is 6.79 Å². The van der Waals surface area contributed by atoms with Crippen molar-refractivity contribution in [2.75, 3.05) is 13.4 Å². The van der Waals surface area contributed by atoms with E-state index in [-0.39, 0.29) is 0 Å². The lowest BCUT2D eigenvalue weighted by atomic mass is 10.1. The van der Waals surface area contributed by atoms with Crippen molar-refractivity contribution >= 4 is 30.4 Å². The van der Waals surface area contributed by atoms with Gasteiger partial charge in [-0.05, 0) is 40.6 Å². The summed E-state index contributed by atoms with van der Waals surface area (Å²) in [5.41, 5.74) is 1.13. The quantitative estimate of drug-likeness (QED) is 0.299. The largest absolute Gasteiger partial charge is 0.468 e. The first kappa shape index (κ1) is 16.3. The molecule has 0 fully saturated rings. The van der Waals surface area contributed by atoms with Crippen molar-refractivity contribution in [1.29, 1.82) is 0 Å². The molecule has 114 valence electrons. The summed E-state index contributed by atoms with van der Waals surface area (Å²) in [5.74, 6) is 1.38. The van der Waals surface area contributed by atoms with Crippen LogP contribution in [0.2, 0.25) is 25.7 Å². The zero-order valence-corrected chi connectivity index (χ0v) is 14.7. The topological polar surface area (TPSA) is 18.5 Å². The molecule has 0 unspecified atom stereocenters. The van der Waals surface area contributed by atoms with Crippen LogP contribution in [0.3, 0.4) is 0 Å². The number of fused-ring (bicyclic) bond motifs is 1. The summed E-state index contributed by atoms with van der Waals surface area (Å²) in [5, 5.41) is 2.34. The minimum atomic E-state index is -1.02. The molecular formula is C17H23ClO2Si. The van der Waals surface area contributed by atoms with E-state index in [2.05, 4.69) is 37.8 Å². The Bertz CT molecular complexity index is 593. The molecule has 0 aliphatic rings. The van der Waals surface area contributed by atoms with Crippen LogP contribution in [0.1, 0.15) is 5.56 Å². The molecule has 0 aromatic heterocycles. The monoisotopic (exact) mass is 322 g/mol. The predicted octanol–water partition coefficient (Wildman–Crippen LogP) is 5.27. The van der Waals surface area contributed by atoms with Crippen LogP contribution >= 0.6 is 11.6 Å². The van der Waals surface area contributed by atoms with E-state index in [1.165, 1.54) is 5.39 Å². The Kier molecular flexibility index (Phi) is 5.68. The summed E-state index contributed by atoms with van der Waals surface area (Å²) < 4.78 is 11.2. The lowest BCUT2D eigenvalue weighted by Crippen LogP contribution is -2.22. The van der Waals surface area contributed by atoms with Crippen LogP contribution in [0.15, 0.2) is 36.4 Å². The molecule has 0 saturated carbocycles. The zero-order valence-electron chi connectivity index (χ0n) is 13.0.